The molecule has 1 aromatic rings. The molecule has 1 aromatic carbocycles. The summed E-state index contributed by atoms with van der Waals surface area (Å²) in [6.07, 6.45) is 0.382. The van der Waals surface area contributed by atoms with Gasteiger partial charge in [-0.2, -0.15) is 10.5 Å². The van der Waals surface area contributed by atoms with E-state index in [9.17, 15) is 8.42 Å². The average Bonchev–Trinajstić information content (AvgIpc) is 2.43. The highest BCUT2D eigenvalue weighted by molar-refractivity contribution is 7.91. The van der Waals surface area contributed by atoms with Crippen LogP contribution in [0.15, 0.2) is 29.2 Å². The molecule has 0 aliphatic heterocycles. The van der Waals surface area contributed by atoms with Crippen molar-refractivity contribution in [2.45, 2.75) is 11.3 Å². The molecule has 0 saturated heterocycles. The van der Waals surface area contributed by atoms with E-state index in [1.54, 1.807) is 7.05 Å². The van der Waals surface area contributed by atoms with E-state index in [4.69, 9.17) is 10.5 Å². The van der Waals surface area contributed by atoms with Crippen LogP contribution in [-0.2, 0) is 9.84 Å². The molecule has 100 valence electrons. The number of benzene rings is 1. The Bertz CT molecular complexity index is 594. The van der Waals surface area contributed by atoms with Gasteiger partial charge in [0.1, 0.15) is 0 Å². The Hall–Kier alpha value is -1.89. The smallest absolute Gasteiger partial charge is 0.179 e. The highest BCUT2D eigenvalue weighted by Crippen LogP contribution is 2.12. The second-order valence-electron chi connectivity index (χ2n) is 4.17. The predicted octanol–water partition coefficient (Wildman–Crippen LogP) is 1.18. The SMILES string of the molecule is CN(CCC#N)CCS(=O)(=O)c1ccc(C#N)cc1. The van der Waals surface area contributed by atoms with Crippen LogP contribution < -0.4 is 0 Å². The van der Waals surface area contributed by atoms with Gasteiger partial charge in [-0.25, -0.2) is 8.42 Å². The fourth-order valence-electron chi connectivity index (χ4n) is 1.48. The molecule has 6 heteroatoms. The molecule has 0 atom stereocenters. The third kappa shape index (κ3) is 4.70. The van der Waals surface area contributed by atoms with Crippen LogP contribution in [0.5, 0.6) is 0 Å². The Kier molecular flexibility index (Phi) is 5.50. The molecule has 0 N–H and O–H groups in total. The topological polar surface area (TPSA) is 85.0 Å². The van der Waals surface area contributed by atoms with Gasteiger partial charge < -0.3 is 4.90 Å². The van der Waals surface area contributed by atoms with Gasteiger partial charge in [-0.05, 0) is 31.3 Å². The van der Waals surface area contributed by atoms with E-state index in [0.29, 0.717) is 25.1 Å². The van der Waals surface area contributed by atoms with Gasteiger partial charge in [0.05, 0.1) is 28.4 Å². The highest BCUT2D eigenvalue weighted by atomic mass is 32.2. The summed E-state index contributed by atoms with van der Waals surface area (Å²) in [5.41, 5.74) is 0.435. The molecule has 0 aliphatic rings. The van der Waals surface area contributed by atoms with Crippen molar-refractivity contribution in [3.8, 4) is 12.1 Å². The first-order chi connectivity index (χ1) is 8.99. The van der Waals surface area contributed by atoms with Gasteiger partial charge in [0.2, 0.25) is 0 Å². The predicted molar refractivity (Wildman–Crippen MR) is 70.9 cm³/mol. The summed E-state index contributed by atoms with van der Waals surface area (Å²) < 4.78 is 24.1. The van der Waals surface area contributed by atoms with Crippen LogP contribution in [0.1, 0.15) is 12.0 Å². The summed E-state index contributed by atoms with van der Waals surface area (Å²) in [7, 11) is -1.56. The lowest BCUT2D eigenvalue weighted by molar-refractivity contribution is 0.362. The first-order valence-electron chi connectivity index (χ1n) is 5.78. The van der Waals surface area contributed by atoms with Gasteiger partial charge >= 0.3 is 0 Å². The Balaban J connectivity index is 2.66. The number of nitrogens with zero attached hydrogens (tertiary/aromatic N) is 3. The fourth-order valence-corrected chi connectivity index (χ4v) is 2.82. The summed E-state index contributed by atoms with van der Waals surface area (Å²) >= 11 is 0. The third-order valence-corrected chi connectivity index (χ3v) is 4.40. The molecule has 0 saturated carbocycles. The van der Waals surface area contributed by atoms with Gasteiger partial charge in [-0.3, -0.25) is 0 Å². The summed E-state index contributed by atoms with van der Waals surface area (Å²) in [4.78, 5) is 2.03. The van der Waals surface area contributed by atoms with E-state index in [1.165, 1.54) is 24.3 Å². The number of hydrogen-bond donors (Lipinski definition) is 0. The van der Waals surface area contributed by atoms with Gasteiger partial charge in [-0.15, -0.1) is 0 Å². The zero-order chi connectivity index (χ0) is 14.3. The molecule has 0 spiro atoms. The Morgan fingerprint density at radius 3 is 2.32 bits per heavy atom. The quantitative estimate of drug-likeness (QED) is 0.779. The molecule has 0 fully saturated rings. The van der Waals surface area contributed by atoms with Crippen LogP contribution in [-0.4, -0.2) is 39.2 Å². The minimum Gasteiger partial charge on any atom is -0.304 e. The first kappa shape index (κ1) is 15.2. The monoisotopic (exact) mass is 277 g/mol. The molecule has 19 heavy (non-hydrogen) atoms. The summed E-state index contributed by atoms with van der Waals surface area (Å²) in [6.45, 7) is 0.934. The zero-order valence-electron chi connectivity index (χ0n) is 10.7. The Labute approximate surface area is 113 Å². The molecule has 0 radical (unpaired) electrons. The molecule has 0 aliphatic carbocycles. The van der Waals surface area contributed by atoms with Crippen molar-refractivity contribution < 1.29 is 8.42 Å². The van der Waals surface area contributed by atoms with Crippen molar-refractivity contribution in [2.24, 2.45) is 0 Å². The number of hydrogen-bond acceptors (Lipinski definition) is 5. The molecule has 1 rings (SSSR count). The van der Waals surface area contributed by atoms with E-state index in [-0.39, 0.29) is 10.6 Å². The molecule has 0 bridgehead atoms. The maximum absolute atomic E-state index is 12.0. The van der Waals surface area contributed by atoms with Crippen molar-refractivity contribution >= 4 is 9.84 Å². The van der Waals surface area contributed by atoms with Crippen molar-refractivity contribution in [3.05, 3.63) is 29.8 Å². The summed E-state index contributed by atoms with van der Waals surface area (Å²) in [6, 6.07) is 9.84. The maximum atomic E-state index is 12.0. The van der Waals surface area contributed by atoms with Crippen molar-refractivity contribution in [2.75, 3.05) is 25.9 Å². The Morgan fingerprint density at radius 1 is 1.16 bits per heavy atom. The van der Waals surface area contributed by atoms with Gasteiger partial charge in [0.15, 0.2) is 9.84 Å². The molecular formula is C13H15N3O2S. The van der Waals surface area contributed by atoms with E-state index in [0.717, 1.165) is 0 Å². The molecule has 0 heterocycles. The normalized spacial score (nSPS) is 10.9. The molecular weight excluding hydrogens is 262 g/mol. The Morgan fingerprint density at radius 2 is 1.79 bits per heavy atom. The van der Waals surface area contributed by atoms with Crippen LogP contribution in [0.2, 0.25) is 0 Å². The minimum absolute atomic E-state index is 0.000822. The lowest BCUT2D eigenvalue weighted by Gasteiger charge is -2.14. The zero-order valence-corrected chi connectivity index (χ0v) is 11.5. The largest absolute Gasteiger partial charge is 0.304 e. The number of nitriles is 2. The van der Waals surface area contributed by atoms with Crippen molar-refractivity contribution in [1.29, 1.82) is 10.5 Å². The second kappa shape index (κ2) is 6.89. The lowest BCUT2D eigenvalue weighted by atomic mass is 10.2. The van der Waals surface area contributed by atoms with E-state index < -0.39 is 9.84 Å². The van der Waals surface area contributed by atoms with Crippen LogP contribution in [0.25, 0.3) is 0 Å². The van der Waals surface area contributed by atoms with Crippen LogP contribution >= 0.6 is 0 Å². The van der Waals surface area contributed by atoms with Crippen LogP contribution in [0, 0.1) is 22.7 Å². The molecule has 0 aromatic heterocycles. The summed E-state index contributed by atoms with van der Waals surface area (Å²) in [5, 5.41) is 17.1. The second-order valence-corrected chi connectivity index (χ2v) is 6.28. The van der Waals surface area contributed by atoms with E-state index >= 15 is 0 Å². The minimum atomic E-state index is -3.34. The summed E-state index contributed by atoms with van der Waals surface area (Å²) in [5.74, 6) is 0.000822. The first-order valence-corrected chi connectivity index (χ1v) is 7.43. The van der Waals surface area contributed by atoms with Crippen molar-refractivity contribution in [3.63, 3.8) is 0 Å². The standard InChI is InChI=1S/C13H15N3O2S/c1-16(8-2-7-14)9-10-19(17,18)13-5-3-12(11-15)4-6-13/h3-6H,2,8-10H2,1H3. The van der Waals surface area contributed by atoms with E-state index in [1.807, 2.05) is 17.0 Å². The molecule has 0 amide bonds. The maximum Gasteiger partial charge on any atom is 0.179 e. The highest BCUT2D eigenvalue weighted by Gasteiger charge is 2.15. The molecule has 5 nitrogen and oxygen atoms in total. The van der Waals surface area contributed by atoms with Crippen molar-refractivity contribution in [1.82, 2.24) is 4.90 Å². The van der Waals surface area contributed by atoms with Gasteiger partial charge in [-0.1, -0.05) is 0 Å². The van der Waals surface area contributed by atoms with Crippen LogP contribution in [0.4, 0.5) is 0 Å². The van der Waals surface area contributed by atoms with Gasteiger partial charge in [0.25, 0.3) is 0 Å². The van der Waals surface area contributed by atoms with E-state index in [2.05, 4.69) is 0 Å². The number of sulfone groups is 1. The van der Waals surface area contributed by atoms with Gasteiger partial charge in [0, 0.05) is 19.5 Å². The van der Waals surface area contributed by atoms with Crippen LogP contribution in [0.3, 0.4) is 0 Å². The average molecular weight is 277 g/mol. The third-order valence-electron chi connectivity index (χ3n) is 2.69. The lowest BCUT2D eigenvalue weighted by Crippen LogP contribution is -2.26. The number of rotatable bonds is 6. The fraction of sp³-hybridized carbons (Fsp3) is 0.385. The molecule has 0 unspecified atom stereocenters.